The third-order valence-electron chi connectivity index (χ3n) is 3.60. The van der Waals surface area contributed by atoms with Crippen LogP contribution in [0.25, 0.3) is 0 Å². The van der Waals surface area contributed by atoms with Crippen LogP contribution in [-0.4, -0.2) is 15.0 Å². The summed E-state index contributed by atoms with van der Waals surface area (Å²) in [6.45, 7) is 3.79. The molecule has 0 saturated carbocycles. The van der Waals surface area contributed by atoms with Crippen molar-refractivity contribution in [2.24, 2.45) is 0 Å². The van der Waals surface area contributed by atoms with Crippen molar-refractivity contribution in [1.82, 2.24) is 5.32 Å². The zero-order chi connectivity index (χ0) is 14.9. The molecular formula is C15H18N2O2S2. The highest BCUT2D eigenvalue weighted by molar-refractivity contribution is 7.94. The number of anilines is 1. The van der Waals surface area contributed by atoms with Crippen molar-refractivity contribution in [1.29, 1.82) is 0 Å². The Morgan fingerprint density at radius 2 is 2.10 bits per heavy atom. The molecule has 2 heterocycles. The van der Waals surface area contributed by atoms with Crippen LogP contribution in [0.15, 0.2) is 34.5 Å². The van der Waals surface area contributed by atoms with Gasteiger partial charge in [-0.1, -0.05) is 13.0 Å². The fraction of sp³-hybridized carbons (Fsp3) is 0.333. The first kappa shape index (κ1) is 14.6. The van der Waals surface area contributed by atoms with E-state index in [0.29, 0.717) is 9.90 Å². The van der Waals surface area contributed by atoms with Gasteiger partial charge in [0.1, 0.15) is 4.21 Å². The Hall–Kier alpha value is -1.37. The summed E-state index contributed by atoms with van der Waals surface area (Å²) in [5, 5.41) is 3.30. The maximum absolute atomic E-state index is 12.4. The number of rotatable bonds is 4. The first-order valence-corrected chi connectivity index (χ1v) is 9.32. The standard InChI is InChI=1S/C15H18N2O2S2/c1-2-14-5-6-15(20-14)21(18,19)17-13-4-3-11-7-8-16-10-12(11)9-13/h3-6,9,16-17H,2,7-8,10H2,1H3. The Morgan fingerprint density at radius 1 is 1.24 bits per heavy atom. The molecule has 0 bridgehead atoms. The van der Waals surface area contributed by atoms with E-state index in [1.54, 1.807) is 6.07 Å². The van der Waals surface area contributed by atoms with E-state index in [1.165, 1.54) is 22.5 Å². The molecule has 1 aromatic carbocycles. The lowest BCUT2D eigenvalue weighted by Gasteiger charge is -2.18. The SMILES string of the molecule is CCc1ccc(S(=O)(=O)Nc2ccc3c(c2)CNCC3)s1. The van der Waals surface area contributed by atoms with Crippen LogP contribution < -0.4 is 10.0 Å². The first-order valence-electron chi connectivity index (χ1n) is 7.02. The van der Waals surface area contributed by atoms with Gasteiger partial charge in [0.15, 0.2) is 0 Å². The molecule has 112 valence electrons. The van der Waals surface area contributed by atoms with Gasteiger partial charge < -0.3 is 5.32 Å². The Balaban J connectivity index is 1.85. The molecule has 2 N–H and O–H groups in total. The molecule has 1 aliphatic rings. The molecule has 0 amide bonds. The Labute approximate surface area is 129 Å². The predicted octanol–water partition coefficient (Wildman–Crippen LogP) is 2.76. The average molecular weight is 322 g/mol. The minimum Gasteiger partial charge on any atom is -0.312 e. The summed E-state index contributed by atoms with van der Waals surface area (Å²) in [7, 11) is -3.48. The summed E-state index contributed by atoms with van der Waals surface area (Å²) in [5.74, 6) is 0. The van der Waals surface area contributed by atoms with Gasteiger partial charge in [0, 0.05) is 17.1 Å². The monoisotopic (exact) mass is 322 g/mol. The second kappa shape index (κ2) is 5.79. The highest BCUT2D eigenvalue weighted by Gasteiger charge is 2.18. The van der Waals surface area contributed by atoms with Crippen molar-refractivity contribution in [3.8, 4) is 0 Å². The number of benzene rings is 1. The van der Waals surface area contributed by atoms with Gasteiger partial charge in [0.2, 0.25) is 0 Å². The van der Waals surface area contributed by atoms with Crippen molar-refractivity contribution < 1.29 is 8.42 Å². The molecule has 1 aliphatic heterocycles. The van der Waals surface area contributed by atoms with E-state index in [0.717, 1.165) is 30.8 Å². The third-order valence-corrected chi connectivity index (χ3v) is 6.70. The molecule has 0 radical (unpaired) electrons. The Bertz CT molecular complexity index is 751. The van der Waals surface area contributed by atoms with Crippen LogP contribution in [0.1, 0.15) is 22.9 Å². The molecular weight excluding hydrogens is 304 g/mol. The van der Waals surface area contributed by atoms with Crippen LogP contribution in [0.2, 0.25) is 0 Å². The van der Waals surface area contributed by atoms with Crippen LogP contribution >= 0.6 is 11.3 Å². The quantitative estimate of drug-likeness (QED) is 0.910. The zero-order valence-corrected chi connectivity index (χ0v) is 13.5. The number of thiophene rings is 1. The van der Waals surface area contributed by atoms with E-state index >= 15 is 0 Å². The van der Waals surface area contributed by atoms with Crippen molar-refractivity contribution in [2.75, 3.05) is 11.3 Å². The number of fused-ring (bicyclic) bond motifs is 1. The molecule has 0 spiro atoms. The molecule has 0 atom stereocenters. The predicted molar refractivity (Wildman–Crippen MR) is 86.4 cm³/mol. The molecule has 3 rings (SSSR count). The summed E-state index contributed by atoms with van der Waals surface area (Å²) in [6.07, 6.45) is 1.85. The highest BCUT2D eigenvalue weighted by atomic mass is 32.2. The molecule has 0 fully saturated rings. The van der Waals surface area contributed by atoms with Crippen LogP contribution in [0, 0.1) is 0 Å². The van der Waals surface area contributed by atoms with Crippen molar-refractivity contribution in [3.63, 3.8) is 0 Å². The molecule has 6 heteroatoms. The molecule has 21 heavy (non-hydrogen) atoms. The molecule has 1 aromatic heterocycles. The lowest BCUT2D eigenvalue weighted by Crippen LogP contribution is -2.23. The number of hydrogen-bond acceptors (Lipinski definition) is 4. The van der Waals surface area contributed by atoms with Crippen LogP contribution in [0.5, 0.6) is 0 Å². The van der Waals surface area contributed by atoms with Crippen molar-refractivity contribution in [2.45, 2.75) is 30.5 Å². The summed E-state index contributed by atoms with van der Waals surface area (Å²) in [5.41, 5.74) is 3.09. The number of aryl methyl sites for hydroxylation is 1. The third kappa shape index (κ3) is 3.12. The fourth-order valence-corrected chi connectivity index (χ4v) is 4.79. The van der Waals surface area contributed by atoms with Gasteiger partial charge in [0.05, 0.1) is 0 Å². The topological polar surface area (TPSA) is 58.2 Å². The van der Waals surface area contributed by atoms with Crippen LogP contribution in [-0.2, 0) is 29.4 Å². The van der Waals surface area contributed by atoms with Crippen LogP contribution in [0.4, 0.5) is 5.69 Å². The number of nitrogens with one attached hydrogen (secondary N) is 2. The van der Waals surface area contributed by atoms with E-state index in [2.05, 4.69) is 10.0 Å². The first-order chi connectivity index (χ1) is 10.1. The zero-order valence-electron chi connectivity index (χ0n) is 11.8. The van der Waals surface area contributed by atoms with E-state index in [1.807, 2.05) is 31.2 Å². The maximum atomic E-state index is 12.4. The van der Waals surface area contributed by atoms with Gasteiger partial charge in [0.25, 0.3) is 10.0 Å². The van der Waals surface area contributed by atoms with E-state index in [9.17, 15) is 8.42 Å². The van der Waals surface area contributed by atoms with E-state index < -0.39 is 10.0 Å². The summed E-state index contributed by atoms with van der Waals surface area (Å²) in [6, 6.07) is 9.32. The van der Waals surface area contributed by atoms with Crippen molar-refractivity contribution in [3.05, 3.63) is 46.3 Å². The Kier molecular flexibility index (Phi) is 4.01. The number of hydrogen-bond donors (Lipinski definition) is 2. The van der Waals surface area contributed by atoms with Crippen LogP contribution in [0.3, 0.4) is 0 Å². The highest BCUT2D eigenvalue weighted by Crippen LogP contribution is 2.26. The largest absolute Gasteiger partial charge is 0.312 e. The van der Waals surface area contributed by atoms with Gasteiger partial charge in [-0.3, -0.25) is 4.72 Å². The smallest absolute Gasteiger partial charge is 0.271 e. The summed E-state index contributed by atoms with van der Waals surface area (Å²) >= 11 is 1.33. The minimum atomic E-state index is -3.48. The van der Waals surface area contributed by atoms with Gasteiger partial charge >= 0.3 is 0 Å². The van der Waals surface area contributed by atoms with Crippen molar-refractivity contribution >= 4 is 27.0 Å². The average Bonchev–Trinajstić information content (AvgIpc) is 2.96. The molecule has 0 unspecified atom stereocenters. The lowest BCUT2D eigenvalue weighted by molar-refractivity contribution is 0.603. The number of sulfonamides is 1. The van der Waals surface area contributed by atoms with Gasteiger partial charge in [-0.2, -0.15) is 0 Å². The van der Waals surface area contributed by atoms with Gasteiger partial charge in [-0.05, 0) is 54.8 Å². The second-order valence-electron chi connectivity index (χ2n) is 5.09. The lowest BCUT2D eigenvalue weighted by atomic mass is 10.0. The normalized spacial score (nSPS) is 14.7. The Morgan fingerprint density at radius 3 is 2.86 bits per heavy atom. The molecule has 4 nitrogen and oxygen atoms in total. The van der Waals surface area contributed by atoms with E-state index in [-0.39, 0.29) is 0 Å². The van der Waals surface area contributed by atoms with Gasteiger partial charge in [-0.15, -0.1) is 11.3 Å². The second-order valence-corrected chi connectivity index (χ2v) is 8.17. The fourth-order valence-electron chi connectivity index (χ4n) is 2.44. The van der Waals surface area contributed by atoms with E-state index in [4.69, 9.17) is 0 Å². The molecule has 0 aliphatic carbocycles. The molecule has 0 saturated heterocycles. The summed E-state index contributed by atoms with van der Waals surface area (Å²) < 4.78 is 27.8. The van der Waals surface area contributed by atoms with Gasteiger partial charge in [-0.25, -0.2) is 8.42 Å². The maximum Gasteiger partial charge on any atom is 0.271 e. The molecule has 2 aromatic rings. The minimum absolute atomic E-state index is 0.371. The summed E-state index contributed by atoms with van der Waals surface area (Å²) in [4.78, 5) is 1.07.